The Morgan fingerprint density at radius 3 is 1.61 bits per heavy atom. The summed E-state index contributed by atoms with van der Waals surface area (Å²) in [5, 5.41) is 11.7. The summed E-state index contributed by atoms with van der Waals surface area (Å²) in [7, 11) is 1.55. The second kappa shape index (κ2) is 19.9. The summed E-state index contributed by atoms with van der Waals surface area (Å²) in [4.78, 5) is 73.2. The first-order chi connectivity index (χ1) is 25.7. The van der Waals surface area contributed by atoms with E-state index in [2.05, 4.69) is 21.3 Å². The molecule has 1 aliphatic rings. The van der Waals surface area contributed by atoms with Crippen LogP contribution >= 0.6 is 0 Å². The van der Waals surface area contributed by atoms with Crippen molar-refractivity contribution in [2.75, 3.05) is 7.05 Å². The third-order valence-electron chi connectivity index (χ3n) is 9.53. The number of hydrogen-bond donors (Lipinski definition) is 4. The van der Waals surface area contributed by atoms with Crippen LogP contribution in [0, 0.1) is 17.8 Å². The van der Waals surface area contributed by atoms with Gasteiger partial charge in [-0.3, -0.25) is 24.0 Å². The van der Waals surface area contributed by atoms with Gasteiger partial charge in [-0.25, -0.2) is 0 Å². The Morgan fingerprint density at radius 1 is 0.574 bits per heavy atom. The Kier molecular flexibility index (Phi) is 15.4. The summed E-state index contributed by atoms with van der Waals surface area (Å²) in [6.07, 6.45) is -0.314. The van der Waals surface area contributed by atoms with Gasteiger partial charge < -0.3 is 30.9 Å². The number of nitrogens with zero attached hydrogens (tertiary/aromatic N) is 1. The van der Waals surface area contributed by atoms with E-state index >= 15 is 0 Å². The summed E-state index contributed by atoms with van der Waals surface area (Å²) in [5.41, 5.74) is 2.27. The number of carbonyl (C=O) groups is 5. The van der Waals surface area contributed by atoms with Crippen molar-refractivity contribution in [3.05, 3.63) is 108 Å². The second-order valence-corrected chi connectivity index (χ2v) is 15.4. The fraction of sp³-hybridized carbons (Fsp3) is 0.465. The average molecular weight is 740 g/mol. The first-order valence-corrected chi connectivity index (χ1v) is 19.0. The highest BCUT2D eigenvalue weighted by atomic mass is 16.5. The van der Waals surface area contributed by atoms with Gasteiger partial charge in [0.25, 0.3) is 0 Å². The fourth-order valence-electron chi connectivity index (χ4n) is 6.87. The smallest absolute Gasteiger partial charge is 0.246 e. The molecular weight excluding hydrogens is 683 g/mol. The van der Waals surface area contributed by atoms with Crippen molar-refractivity contribution in [2.24, 2.45) is 17.8 Å². The van der Waals surface area contributed by atoms with Crippen molar-refractivity contribution in [1.29, 1.82) is 0 Å². The lowest BCUT2D eigenvalue weighted by Gasteiger charge is -2.35. The topological polar surface area (TPSA) is 146 Å². The fourth-order valence-corrected chi connectivity index (χ4v) is 6.87. The van der Waals surface area contributed by atoms with E-state index in [4.69, 9.17) is 4.74 Å². The summed E-state index contributed by atoms with van der Waals surface area (Å²) < 4.78 is 6.51. The van der Waals surface area contributed by atoms with Crippen LogP contribution in [0.15, 0.2) is 91.0 Å². The van der Waals surface area contributed by atoms with Gasteiger partial charge >= 0.3 is 0 Å². The second-order valence-electron chi connectivity index (χ2n) is 15.4. The number of carbonyl (C=O) groups excluding carboxylic acids is 5. The van der Waals surface area contributed by atoms with Crippen molar-refractivity contribution in [2.45, 2.75) is 104 Å². The van der Waals surface area contributed by atoms with Crippen LogP contribution in [0.2, 0.25) is 0 Å². The molecule has 11 heteroatoms. The van der Waals surface area contributed by atoms with Crippen LogP contribution in [-0.2, 0) is 41.7 Å². The van der Waals surface area contributed by atoms with Crippen LogP contribution in [0.5, 0.6) is 0 Å². The largest absolute Gasteiger partial charge is 0.366 e. The normalized spacial score (nSPS) is 22.6. The zero-order valence-corrected chi connectivity index (χ0v) is 32.6. The minimum atomic E-state index is -1.33. The minimum Gasteiger partial charge on any atom is -0.366 e. The Labute approximate surface area is 320 Å². The quantitative estimate of drug-likeness (QED) is 0.212. The van der Waals surface area contributed by atoms with E-state index in [1.165, 1.54) is 4.90 Å². The first-order valence-electron chi connectivity index (χ1n) is 19.0. The molecule has 4 N–H and O–H groups in total. The molecule has 11 nitrogen and oxygen atoms in total. The molecule has 54 heavy (non-hydrogen) atoms. The standard InChI is InChI=1S/C43H57N5O6/c1-27(2)23-33-39(49)44-34(25-30-17-11-8-12-18-30)40(50)47-36(38(32-21-15-10-16-22-32)54-26-31-19-13-9-14-20-31)41(51)46-35(24-28(3)4)43(53)48(7)37(29(5)6)42(52)45-33/h8-22,27-29,33-38H,23-26H2,1-7H3,(H,44,49)(H,45,52)(H,46,51)(H,47,50)/t33-,34-,35+,36+,37+,38+/m1/s1. The molecule has 3 aromatic carbocycles. The monoisotopic (exact) mass is 739 g/mol. The van der Waals surface area contributed by atoms with Crippen LogP contribution < -0.4 is 21.3 Å². The van der Waals surface area contributed by atoms with E-state index in [1.54, 1.807) is 7.05 Å². The third kappa shape index (κ3) is 11.7. The molecule has 1 heterocycles. The Hall–Kier alpha value is -5.03. The molecule has 1 fully saturated rings. The molecule has 4 rings (SSSR count). The lowest BCUT2D eigenvalue weighted by Crippen LogP contribution is -2.60. The third-order valence-corrected chi connectivity index (χ3v) is 9.53. The minimum absolute atomic E-state index is 0.0106. The van der Waals surface area contributed by atoms with Gasteiger partial charge in [-0.1, -0.05) is 133 Å². The van der Waals surface area contributed by atoms with Gasteiger partial charge in [0, 0.05) is 13.5 Å². The molecule has 5 amide bonds. The van der Waals surface area contributed by atoms with Crippen molar-refractivity contribution in [3.63, 3.8) is 0 Å². The van der Waals surface area contributed by atoms with Crippen molar-refractivity contribution >= 4 is 29.5 Å². The highest BCUT2D eigenvalue weighted by molar-refractivity contribution is 5.98. The number of rotatable bonds is 12. The van der Waals surface area contributed by atoms with Crippen LogP contribution in [0.25, 0.3) is 0 Å². The summed E-state index contributed by atoms with van der Waals surface area (Å²) in [6, 6.07) is 22.4. The predicted molar refractivity (Wildman–Crippen MR) is 209 cm³/mol. The first kappa shape index (κ1) is 41.7. The molecule has 0 saturated carbocycles. The molecule has 290 valence electrons. The SMILES string of the molecule is CC(C)C[C@@H]1NC(=O)[C@H]([C@@H](OCc2ccccc2)c2ccccc2)NC(=O)[C@@H](Cc2ccccc2)NC(=O)[C@@H](CC(C)C)NC(=O)[C@H](C(C)C)N(C)C1=O. The number of amides is 5. The Morgan fingerprint density at radius 2 is 1.06 bits per heavy atom. The number of benzene rings is 3. The van der Waals surface area contributed by atoms with E-state index in [0.717, 1.165) is 11.1 Å². The molecule has 0 unspecified atom stereocenters. The molecule has 1 saturated heterocycles. The molecule has 6 atom stereocenters. The summed E-state index contributed by atoms with van der Waals surface area (Å²) in [5.74, 6) is -3.09. The summed E-state index contributed by atoms with van der Waals surface area (Å²) >= 11 is 0. The van der Waals surface area contributed by atoms with E-state index in [1.807, 2.05) is 133 Å². The zero-order valence-electron chi connectivity index (χ0n) is 32.6. The molecular formula is C43H57N5O6. The van der Waals surface area contributed by atoms with Gasteiger partial charge in [0.15, 0.2) is 0 Å². The van der Waals surface area contributed by atoms with Crippen LogP contribution in [0.3, 0.4) is 0 Å². The van der Waals surface area contributed by atoms with Crippen LogP contribution in [-0.4, -0.2) is 71.7 Å². The Balaban J connectivity index is 1.87. The van der Waals surface area contributed by atoms with Crippen molar-refractivity contribution in [3.8, 4) is 0 Å². The van der Waals surface area contributed by atoms with Gasteiger partial charge in [0.2, 0.25) is 29.5 Å². The van der Waals surface area contributed by atoms with E-state index in [-0.39, 0.29) is 37.2 Å². The molecule has 0 aliphatic carbocycles. The van der Waals surface area contributed by atoms with Gasteiger partial charge in [-0.15, -0.1) is 0 Å². The number of likely N-dealkylation sites (N-methyl/N-ethyl adjacent to an activating group) is 1. The molecule has 0 radical (unpaired) electrons. The van der Waals surface area contributed by atoms with Crippen LogP contribution in [0.1, 0.15) is 77.2 Å². The van der Waals surface area contributed by atoms with Gasteiger partial charge in [-0.05, 0) is 47.3 Å². The molecule has 0 aromatic heterocycles. The molecule has 1 aliphatic heterocycles. The van der Waals surface area contributed by atoms with Crippen molar-refractivity contribution < 1.29 is 28.7 Å². The maximum absolute atomic E-state index is 14.7. The average Bonchev–Trinajstić information content (AvgIpc) is 3.13. The highest BCUT2D eigenvalue weighted by Crippen LogP contribution is 2.25. The Bertz CT molecular complexity index is 1680. The van der Waals surface area contributed by atoms with Gasteiger partial charge in [0.1, 0.15) is 36.3 Å². The van der Waals surface area contributed by atoms with Crippen molar-refractivity contribution in [1.82, 2.24) is 26.2 Å². The number of nitrogens with one attached hydrogen (secondary N) is 4. The lowest BCUT2D eigenvalue weighted by atomic mass is 9.96. The maximum Gasteiger partial charge on any atom is 0.246 e. The summed E-state index contributed by atoms with van der Waals surface area (Å²) in [6.45, 7) is 11.6. The predicted octanol–water partition coefficient (Wildman–Crippen LogP) is 4.72. The van der Waals surface area contributed by atoms with Gasteiger partial charge in [-0.2, -0.15) is 0 Å². The van der Waals surface area contributed by atoms with E-state index in [0.29, 0.717) is 12.0 Å². The van der Waals surface area contributed by atoms with Crippen LogP contribution in [0.4, 0.5) is 0 Å². The number of hydrogen-bond acceptors (Lipinski definition) is 6. The zero-order chi connectivity index (χ0) is 39.4. The highest BCUT2D eigenvalue weighted by Gasteiger charge is 2.40. The maximum atomic E-state index is 14.7. The number of ether oxygens (including phenoxy) is 1. The lowest BCUT2D eigenvalue weighted by molar-refractivity contribution is -0.145. The van der Waals surface area contributed by atoms with E-state index in [9.17, 15) is 24.0 Å². The van der Waals surface area contributed by atoms with Gasteiger partial charge in [0.05, 0.1) is 6.61 Å². The van der Waals surface area contributed by atoms with E-state index < -0.39 is 65.8 Å². The molecule has 0 spiro atoms. The molecule has 0 bridgehead atoms. The molecule has 3 aromatic rings.